The largest absolute Gasteiger partial charge is 0.497 e. The van der Waals surface area contributed by atoms with Crippen LogP contribution < -0.4 is 10.1 Å². The molecule has 0 aliphatic carbocycles. The average Bonchev–Trinajstić information content (AvgIpc) is 2.88. The van der Waals surface area contributed by atoms with Crippen LogP contribution in [0.3, 0.4) is 0 Å². The smallest absolute Gasteiger partial charge is 0.264 e. The van der Waals surface area contributed by atoms with Gasteiger partial charge in [-0.1, -0.05) is 18.2 Å². The van der Waals surface area contributed by atoms with Crippen LogP contribution in [-0.2, 0) is 11.2 Å². The highest BCUT2D eigenvalue weighted by Crippen LogP contribution is 2.24. The van der Waals surface area contributed by atoms with E-state index in [1.807, 2.05) is 0 Å². The minimum absolute atomic E-state index is 0.0138. The van der Waals surface area contributed by atoms with Crippen LogP contribution in [0.4, 0.5) is 4.39 Å². The van der Waals surface area contributed by atoms with E-state index in [1.54, 1.807) is 31.4 Å². The summed E-state index contributed by atoms with van der Waals surface area (Å²) in [6.45, 7) is 0.0855. The Morgan fingerprint density at radius 3 is 2.50 bits per heavy atom. The Morgan fingerprint density at radius 2 is 1.85 bits per heavy atom. The van der Waals surface area contributed by atoms with Gasteiger partial charge < -0.3 is 10.1 Å². The number of fused-ring (bicyclic) bond motifs is 1. The summed E-state index contributed by atoms with van der Waals surface area (Å²) in [5.41, 5.74) is 0.660. The number of hydrogen-bond donors (Lipinski definition) is 1. The lowest BCUT2D eigenvalue weighted by molar-refractivity contribution is -0.120. The Balaban J connectivity index is 1.53. The predicted molar refractivity (Wildman–Crippen MR) is 91.5 cm³/mol. The van der Waals surface area contributed by atoms with Crippen molar-refractivity contribution in [2.24, 2.45) is 0 Å². The molecule has 0 radical (unpaired) electrons. The van der Waals surface area contributed by atoms with Crippen LogP contribution in [-0.4, -0.2) is 42.8 Å². The third kappa shape index (κ3) is 3.42. The van der Waals surface area contributed by atoms with Crippen molar-refractivity contribution in [3.8, 4) is 5.75 Å². The molecule has 3 rings (SSSR count). The number of imide groups is 1. The second-order valence-electron chi connectivity index (χ2n) is 5.80. The van der Waals surface area contributed by atoms with Gasteiger partial charge in [-0.05, 0) is 29.8 Å². The number of benzene rings is 2. The summed E-state index contributed by atoms with van der Waals surface area (Å²) in [4.78, 5) is 37.3. The number of ether oxygens (including phenoxy) is 1. The van der Waals surface area contributed by atoms with Gasteiger partial charge in [0.25, 0.3) is 11.8 Å². The van der Waals surface area contributed by atoms with Gasteiger partial charge in [-0.2, -0.15) is 0 Å². The topological polar surface area (TPSA) is 75.7 Å². The lowest BCUT2D eigenvalue weighted by Gasteiger charge is -2.14. The van der Waals surface area contributed by atoms with E-state index in [-0.39, 0.29) is 36.5 Å². The van der Waals surface area contributed by atoms with Crippen LogP contribution in [0.25, 0.3) is 0 Å². The molecule has 0 bridgehead atoms. The molecule has 1 heterocycles. The van der Waals surface area contributed by atoms with E-state index in [4.69, 9.17) is 4.74 Å². The van der Waals surface area contributed by atoms with Gasteiger partial charge in [0.2, 0.25) is 5.91 Å². The fourth-order valence-electron chi connectivity index (χ4n) is 2.79. The predicted octanol–water partition coefficient (Wildman–Crippen LogP) is 1.79. The summed E-state index contributed by atoms with van der Waals surface area (Å²) in [5, 5.41) is 2.66. The molecule has 2 aromatic rings. The second-order valence-corrected chi connectivity index (χ2v) is 5.80. The molecular formula is C19H17FN2O4. The molecule has 0 fully saturated rings. The van der Waals surface area contributed by atoms with Crippen LogP contribution in [0, 0.1) is 5.82 Å². The van der Waals surface area contributed by atoms with Gasteiger partial charge in [0.15, 0.2) is 0 Å². The van der Waals surface area contributed by atoms with Crippen LogP contribution in [0.2, 0.25) is 0 Å². The summed E-state index contributed by atoms with van der Waals surface area (Å²) in [6.07, 6.45) is 0.167. The molecule has 26 heavy (non-hydrogen) atoms. The molecule has 6 nitrogen and oxygen atoms in total. The molecule has 0 atom stereocenters. The van der Waals surface area contributed by atoms with E-state index in [2.05, 4.69) is 5.32 Å². The third-order valence-corrected chi connectivity index (χ3v) is 4.13. The SMILES string of the molecule is COc1ccc(CC(=O)NCCN2C(=O)c3cccc(F)c3C2=O)cc1. The number of carbonyl (C=O) groups excluding carboxylic acids is 3. The van der Waals surface area contributed by atoms with Gasteiger partial charge in [0, 0.05) is 13.1 Å². The van der Waals surface area contributed by atoms with Gasteiger partial charge in [-0.3, -0.25) is 19.3 Å². The molecule has 0 spiro atoms. The van der Waals surface area contributed by atoms with Gasteiger partial charge >= 0.3 is 0 Å². The zero-order valence-electron chi connectivity index (χ0n) is 14.1. The van der Waals surface area contributed by atoms with E-state index in [1.165, 1.54) is 12.1 Å². The van der Waals surface area contributed by atoms with Gasteiger partial charge in [-0.15, -0.1) is 0 Å². The fraction of sp³-hybridized carbons (Fsp3) is 0.211. The number of rotatable bonds is 6. The summed E-state index contributed by atoms with van der Waals surface area (Å²) in [7, 11) is 1.56. The number of nitrogens with one attached hydrogen (secondary N) is 1. The van der Waals surface area contributed by atoms with E-state index >= 15 is 0 Å². The van der Waals surface area contributed by atoms with Crippen LogP contribution >= 0.6 is 0 Å². The molecule has 134 valence electrons. The summed E-state index contributed by atoms with van der Waals surface area (Å²) >= 11 is 0. The monoisotopic (exact) mass is 356 g/mol. The average molecular weight is 356 g/mol. The molecule has 0 aromatic heterocycles. The van der Waals surface area contributed by atoms with Crippen molar-refractivity contribution in [3.63, 3.8) is 0 Å². The molecule has 0 saturated carbocycles. The highest BCUT2D eigenvalue weighted by atomic mass is 19.1. The number of nitrogens with zero attached hydrogens (tertiary/aromatic N) is 1. The maximum Gasteiger partial charge on any atom is 0.264 e. The quantitative estimate of drug-likeness (QED) is 0.801. The fourth-order valence-corrected chi connectivity index (χ4v) is 2.79. The molecule has 2 aromatic carbocycles. The van der Waals surface area contributed by atoms with E-state index in [9.17, 15) is 18.8 Å². The van der Waals surface area contributed by atoms with Crippen molar-refractivity contribution in [1.82, 2.24) is 10.2 Å². The second kappa shape index (κ2) is 7.35. The van der Waals surface area contributed by atoms with Crippen LogP contribution in [0.15, 0.2) is 42.5 Å². The Hall–Kier alpha value is -3.22. The zero-order chi connectivity index (χ0) is 18.7. The maximum atomic E-state index is 13.8. The molecular weight excluding hydrogens is 339 g/mol. The van der Waals surface area contributed by atoms with E-state index in [0.717, 1.165) is 16.5 Å². The summed E-state index contributed by atoms with van der Waals surface area (Å²) in [6, 6.07) is 11.0. The van der Waals surface area contributed by atoms with Crippen molar-refractivity contribution in [2.75, 3.05) is 20.2 Å². The number of carbonyl (C=O) groups is 3. The zero-order valence-corrected chi connectivity index (χ0v) is 14.1. The normalized spacial score (nSPS) is 12.9. The first kappa shape index (κ1) is 17.6. The Labute approximate surface area is 149 Å². The molecule has 1 aliphatic heterocycles. The van der Waals surface area contributed by atoms with E-state index < -0.39 is 17.6 Å². The van der Waals surface area contributed by atoms with Crippen molar-refractivity contribution < 1.29 is 23.5 Å². The highest BCUT2D eigenvalue weighted by Gasteiger charge is 2.37. The summed E-state index contributed by atoms with van der Waals surface area (Å²) < 4.78 is 18.8. The molecule has 0 saturated heterocycles. The maximum absolute atomic E-state index is 13.8. The Kier molecular flexibility index (Phi) is 4.97. The minimum atomic E-state index is -0.716. The van der Waals surface area contributed by atoms with Gasteiger partial charge in [0.05, 0.1) is 24.7 Å². The molecule has 1 aliphatic rings. The van der Waals surface area contributed by atoms with Crippen molar-refractivity contribution in [3.05, 3.63) is 65.0 Å². The van der Waals surface area contributed by atoms with Crippen LogP contribution in [0.1, 0.15) is 26.3 Å². The van der Waals surface area contributed by atoms with Crippen molar-refractivity contribution in [2.45, 2.75) is 6.42 Å². The van der Waals surface area contributed by atoms with E-state index in [0.29, 0.717) is 5.75 Å². The van der Waals surface area contributed by atoms with Gasteiger partial charge in [-0.25, -0.2) is 4.39 Å². The lowest BCUT2D eigenvalue weighted by Crippen LogP contribution is -2.38. The first-order chi connectivity index (χ1) is 12.5. The minimum Gasteiger partial charge on any atom is -0.497 e. The molecule has 7 heteroatoms. The lowest BCUT2D eigenvalue weighted by atomic mass is 10.1. The van der Waals surface area contributed by atoms with Gasteiger partial charge in [0.1, 0.15) is 11.6 Å². The number of methoxy groups -OCH3 is 1. The first-order valence-electron chi connectivity index (χ1n) is 8.05. The Morgan fingerprint density at radius 1 is 1.12 bits per heavy atom. The molecule has 1 N–H and O–H groups in total. The molecule has 3 amide bonds. The highest BCUT2D eigenvalue weighted by molar-refractivity contribution is 6.21. The summed E-state index contributed by atoms with van der Waals surface area (Å²) in [5.74, 6) is -1.47. The third-order valence-electron chi connectivity index (χ3n) is 4.13. The van der Waals surface area contributed by atoms with Crippen molar-refractivity contribution >= 4 is 17.7 Å². The number of halogens is 1. The number of hydrogen-bond acceptors (Lipinski definition) is 4. The molecule has 0 unspecified atom stereocenters. The standard InChI is InChI=1S/C19H17FN2O4/c1-26-13-7-5-12(6-8-13)11-16(23)21-9-10-22-18(24)14-3-2-4-15(20)17(14)19(22)25/h2-8H,9-11H2,1H3,(H,21,23). The van der Waals surface area contributed by atoms with Crippen LogP contribution in [0.5, 0.6) is 5.75 Å². The first-order valence-corrected chi connectivity index (χ1v) is 8.05. The Bertz CT molecular complexity index is 864. The van der Waals surface area contributed by atoms with Crippen molar-refractivity contribution in [1.29, 1.82) is 0 Å². The number of amides is 3.